The number of nitrogens with zero attached hydrogens (tertiary/aromatic N) is 1. The number of carbonyl (C=O) groups is 1. The van der Waals surface area contributed by atoms with E-state index in [-0.39, 0.29) is 5.91 Å². The third-order valence-corrected chi connectivity index (χ3v) is 7.10. The maximum absolute atomic E-state index is 12.5. The summed E-state index contributed by atoms with van der Waals surface area (Å²) in [6.45, 7) is 2.15. The van der Waals surface area contributed by atoms with E-state index in [1.54, 1.807) is 38.3 Å². The highest BCUT2D eigenvalue weighted by molar-refractivity contribution is 7.99. The minimum atomic E-state index is -3.60. The first-order valence-corrected chi connectivity index (χ1v) is 11.8. The lowest BCUT2D eigenvalue weighted by atomic mass is 10.2. The van der Waals surface area contributed by atoms with Crippen molar-refractivity contribution in [3.63, 3.8) is 0 Å². The smallest absolute Gasteiger partial charge is 0.243 e. The molecule has 0 bridgehead atoms. The Morgan fingerprint density at radius 2 is 1.92 bits per heavy atom. The molecule has 1 amide bonds. The average molecular weight is 401 g/mol. The Morgan fingerprint density at radius 3 is 2.46 bits per heavy atom. The number of methoxy groups -OCH3 is 1. The summed E-state index contributed by atoms with van der Waals surface area (Å²) in [5, 5.41) is 3.57. The first-order chi connectivity index (χ1) is 12.3. The average Bonchev–Trinajstić information content (AvgIpc) is 3.11. The molecule has 0 heterocycles. The van der Waals surface area contributed by atoms with Crippen LogP contribution in [0.4, 0.5) is 5.69 Å². The summed E-state index contributed by atoms with van der Waals surface area (Å²) < 4.78 is 30.7. The number of hydrogen-bond donors (Lipinski definition) is 1. The van der Waals surface area contributed by atoms with Gasteiger partial charge < -0.3 is 10.1 Å². The van der Waals surface area contributed by atoms with Crippen molar-refractivity contribution in [2.75, 3.05) is 30.0 Å². The van der Waals surface area contributed by atoms with Crippen LogP contribution in [-0.4, -0.2) is 51.3 Å². The molecule has 0 unspecified atom stereocenters. The first-order valence-electron chi connectivity index (χ1n) is 8.85. The van der Waals surface area contributed by atoms with Gasteiger partial charge in [-0.15, -0.1) is 0 Å². The number of amides is 1. The summed E-state index contributed by atoms with van der Waals surface area (Å²) in [6, 6.07) is 5.81. The molecule has 0 spiro atoms. The molecule has 8 heteroatoms. The second kappa shape index (κ2) is 9.50. The van der Waals surface area contributed by atoms with Gasteiger partial charge in [0.15, 0.2) is 0 Å². The molecule has 6 nitrogen and oxygen atoms in total. The Balaban J connectivity index is 1.96. The summed E-state index contributed by atoms with van der Waals surface area (Å²) in [4.78, 5) is 12.5. The van der Waals surface area contributed by atoms with Crippen molar-refractivity contribution in [3.05, 3.63) is 24.3 Å². The van der Waals surface area contributed by atoms with Gasteiger partial charge in [0.05, 0.1) is 19.1 Å². The topological polar surface area (TPSA) is 75.7 Å². The monoisotopic (exact) mass is 400 g/mol. The normalized spacial score (nSPS) is 16.3. The molecule has 1 N–H and O–H groups in total. The van der Waals surface area contributed by atoms with Crippen LogP contribution < -0.4 is 14.4 Å². The standard InChI is InChI=1S/C18H28N2O4S2/c1-14(18(21)19-12-13-25-17-6-4-5-7-17)20(26(3,22)23)15-8-10-16(24-2)11-9-15/h8-11,14,17H,4-7,12-13H2,1-3H3,(H,19,21)/t14-/m0/s1. The van der Waals surface area contributed by atoms with Crippen LogP contribution in [0.1, 0.15) is 32.6 Å². The van der Waals surface area contributed by atoms with E-state index in [1.165, 1.54) is 25.7 Å². The zero-order chi connectivity index (χ0) is 19.2. The van der Waals surface area contributed by atoms with Gasteiger partial charge in [-0.3, -0.25) is 9.10 Å². The second-order valence-corrected chi connectivity index (χ2v) is 9.77. The van der Waals surface area contributed by atoms with Crippen LogP contribution in [0.5, 0.6) is 5.75 Å². The number of carbonyl (C=O) groups excluding carboxylic acids is 1. The van der Waals surface area contributed by atoms with E-state index in [2.05, 4.69) is 5.32 Å². The fraction of sp³-hybridized carbons (Fsp3) is 0.611. The molecule has 1 aliphatic rings. The highest BCUT2D eigenvalue weighted by atomic mass is 32.2. The molecule has 1 aliphatic carbocycles. The zero-order valence-corrected chi connectivity index (χ0v) is 17.2. The van der Waals surface area contributed by atoms with Crippen LogP contribution in [0.2, 0.25) is 0 Å². The molecule has 1 saturated carbocycles. The Bertz CT molecular complexity index is 686. The molecule has 1 fully saturated rings. The minimum Gasteiger partial charge on any atom is -0.497 e. The van der Waals surface area contributed by atoms with Crippen molar-refractivity contribution in [2.45, 2.75) is 43.9 Å². The zero-order valence-electron chi connectivity index (χ0n) is 15.6. The number of benzene rings is 1. The van der Waals surface area contributed by atoms with Crippen molar-refractivity contribution in [1.29, 1.82) is 0 Å². The van der Waals surface area contributed by atoms with Crippen LogP contribution in [0.3, 0.4) is 0 Å². The summed E-state index contributed by atoms with van der Waals surface area (Å²) >= 11 is 1.89. The van der Waals surface area contributed by atoms with Crippen LogP contribution >= 0.6 is 11.8 Å². The molecule has 0 aliphatic heterocycles. The van der Waals surface area contributed by atoms with Crippen LogP contribution in [0, 0.1) is 0 Å². The predicted molar refractivity (Wildman–Crippen MR) is 108 cm³/mol. The molecule has 146 valence electrons. The van der Waals surface area contributed by atoms with Crippen molar-refractivity contribution >= 4 is 33.4 Å². The van der Waals surface area contributed by atoms with Gasteiger partial charge in [0.25, 0.3) is 0 Å². The Kier molecular flexibility index (Phi) is 7.64. The minimum absolute atomic E-state index is 0.293. The third kappa shape index (κ3) is 5.81. The lowest BCUT2D eigenvalue weighted by molar-refractivity contribution is -0.121. The predicted octanol–water partition coefficient (Wildman–Crippen LogP) is 2.64. The molecule has 0 radical (unpaired) electrons. The van der Waals surface area contributed by atoms with Crippen molar-refractivity contribution in [1.82, 2.24) is 5.32 Å². The lowest BCUT2D eigenvalue weighted by Gasteiger charge is -2.28. The van der Waals surface area contributed by atoms with E-state index in [0.717, 1.165) is 16.3 Å². The highest BCUT2D eigenvalue weighted by Gasteiger charge is 2.29. The van der Waals surface area contributed by atoms with E-state index in [1.807, 2.05) is 11.8 Å². The van der Waals surface area contributed by atoms with Crippen LogP contribution in [0.25, 0.3) is 0 Å². The number of nitrogens with one attached hydrogen (secondary N) is 1. The maximum Gasteiger partial charge on any atom is 0.243 e. The fourth-order valence-electron chi connectivity index (χ4n) is 3.14. The fourth-order valence-corrected chi connectivity index (χ4v) is 5.54. The summed E-state index contributed by atoms with van der Waals surface area (Å²) in [5.74, 6) is 1.19. The van der Waals surface area contributed by atoms with Gasteiger partial charge in [0, 0.05) is 17.5 Å². The van der Waals surface area contributed by atoms with Gasteiger partial charge in [-0.1, -0.05) is 12.8 Å². The van der Waals surface area contributed by atoms with Gasteiger partial charge in [-0.25, -0.2) is 8.42 Å². The number of sulfonamides is 1. The quantitative estimate of drug-likeness (QED) is 0.645. The second-order valence-electron chi connectivity index (χ2n) is 6.50. The van der Waals surface area contributed by atoms with Gasteiger partial charge in [-0.2, -0.15) is 11.8 Å². The number of anilines is 1. The van der Waals surface area contributed by atoms with E-state index in [0.29, 0.717) is 23.2 Å². The molecular weight excluding hydrogens is 372 g/mol. The maximum atomic E-state index is 12.5. The number of ether oxygens (including phenoxy) is 1. The molecule has 0 saturated heterocycles. The van der Waals surface area contributed by atoms with Crippen molar-refractivity contribution < 1.29 is 17.9 Å². The van der Waals surface area contributed by atoms with Crippen molar-refractivity contribution in [2.24, 2.45) is 0 Å². The Morgan fingerprint density at radius 1 is 1.31 bits per heavy atom. The summed E-state index contributed by atoms with van der Waals surface area (Å²) in [6.07, 6.45) is 6.22. The molecule has 1 atom stereocenters. The van der Waals surface area contributed by atoms with Crippen LogP contribution in [0.15, 0.2) is 24.3 Å². The first kappa shape index (κ1) is 20.9. The summed E-state index contributed by atoms with van der Waals surface area (Å²) in [7, 11) is -2.05. The van der Waals surface area contributed by atoms with Gasteiger partial charge in [0.1, 0.15) is 11.8 Å². The van der Waals surface area contributed by atoms with E-state index >= 15 is 0 Å². The number of rotatable bonds is 9. The van der Waals surface area contributed by atoms with Crippen molar-refractivity contribution in [3.8, 4) is 5.75 Å². The van der Waals surface area contributed by atoms with Gasteiger partial charge in [0.2, 0.25) is 15.9 Å². The number of thioether (sulfide) groups is 1. The summed E-state index contributed by atoms with van der Waals surface area (Å²) in [5.41, 5.74) is 0.441. The molecule has 1 aromatic carbocycles. The molecular formula is C18H28N2O4S2. The molecule has 2 rings (SSSR count). The Hall–Kier alpha value is -1.41. The van der Waals surface area contributed by atoms with E-state index < -0.39 is 16.1 Å². The number of hydrogen-bond acceptors (Lipinski definition) is 5. The molecule has 0 aromatic heterocycles. The van der Waals surface area contributed by atoms with Gasteiger partial charge >= 0.3 is 0 Å². The third-order valence-electron chi connectivity index (χ3n) is 4.47. The highest BCUT2D eigenvalue weighted by Crippen LogP contribution is 2.29. The van der Waals surface area contributed by atoms with Gasteiger partial charge in [-0.05, 0) is 44.0 Å². The molecule has 26 heavy (non-hydrogen) atoms. The van der Waals surface area contributed by atoms with E-state index in [4.69, 9.17) is 4.74 Å². The SMILES string of the molecule is COc1ccc(N([C@@H](C)C(=O)NCCSC2CCCC2)S(C)(=O)=O)cc1. The van der Waals surface area contributed by atoms with E-state index in [9.17, 15) is 13.2 Å². The lowest BCUT2D eigenvalue weighted by Crippen LogP contribution is -2.48. The van der Waals surface area contributed by atoms with Crippen LogP contribution in [-0.2, 0) is 14.8 Å². The largest absolute Gasteiger partial charge is 0.497 e. The molecule has 1 aromatic rings. The Labute approximate surface area is 160 Å².